The minimum absolute atomic E-state index is 0.639. The highest BCUT2D eigenvalue weighted by Crippen LogP contribution is 2.09. The van der Waals surface area contributed by atoms with Gasteiger partial charge in [0.2, 0.25) is 0 Å². The Balaban J connectivity index is 2.47. The highest BCUT2D eigenvalue weighted by atomic mass is 14.9. The van der Waals surface area contributed by atoms with Crippen LogP contribution in [-0.2, 0) is 6.42 Å². The van der Waals surface area contributed by atoms with Gasteiger partial charge >= 0.3 is 0 Å². The standard InChI is InChI=1S/C9H11N3/c10-6-5-9-11-7-3-1-2-4-8(7)12-9/h1-4H,5-6,10H2,(H,11,12). The highest BCUT2D eigenvalue weighted by Gasteiger charge is 1.98. The first kappa shape index (κ1) is 7.31. The summed E-state index contributed by atoms with van der Waals surface area (Å²) in [7, 11) is 0. The van der Waals surface area contributed by atoms with Gasteiger partial charge in [0.1, 0.15) is 5.82 Å². The third-order valence-corrected chi connectivity index (χ3v) is 1.82. The summed E-state index contributed by atoms with van der Waals surface area (Å²) in [5, 5.41) is 0. The van der Waals surface area contributed by atoms with Crippen LogP contribution in [0.3, 0.4) is 0 Å². The second kappa shape index (κ2) is 2.95. The maximum Gasteiger partial charge on any atom is 0.108 e. The third-order valence-electron chi connectivity index (χ3n) is 1.82. The predicted octanol–water partition coefficient (Wildman–Crippen LogP) is 1.06. The first-order valence-corrected chi connectivity index (χ1v) is 4.04. The van der Waals surface area contributed by atoms with Gasteiger partial charge in [0.25, 0.3) is 0 Å². The Kier molecular flexibility index (Phi) is 1.80. The maximum absolute atomic E-state index is 5.42. The number of nitrogens with zero attached hydrogens (tertiary/aromatic N) is 1. The summed E-state index contributed by atoms with van der Waals surface area (Å²) < 4.78 is 0. The van der Waals surface area contributed by atoms with Crippen molar-refractivity contribution in [3.05, 3.63) is 30.1 Å². The lowest BCUT2D eigenvalue weighted by molar-refractivity contribution is 0.900. The molecule has 0 spiro atoms. The molecule has 0 fully saturated rings. The zero-order valence-corrected chi connectivity index (χ0v) is 6.75. The number of nitrogens with two attached hydrogens (primary N) is 1. The van der Waals surface area contributed by atoms with Gasteiger partial charge in [-0.05, 0) is 18.7 Å². The van der Waals surface area contributed by atoms with Crippen LogP contribution in [0.2, 0.25) is 0 Å². The van der Waals surface area contributed by atoms with E-state index in [9.17, 15) is 0 Å². The Morgan fingerprint density at radius 2 is 2.17 bits per heavy atom. The van der Waals surface area contributed by atoms with E-state index in [2.05, 4.69) is 9.97 Å². The van der Waals surface area contributed by atoms with E-state index in [0.29, 0.717) is 6.54 Å². The quantitative estimate of drug-likeness (QED) is 0.692. The van der Waals surface area contributed by atoms with Crippen molar-refractivity contribution in [3.8, 4) is 0 Å². The maximum atomic E-state index is 5.42. The molecule has 2 rings (SSSR count). The number of fused-ring (bicyclic) bond motifs is 1. The summed E-state index contributed by atoms with van der Waals surface area (Å²) in [6, 6.07) is 7.98. The molecule has 3 heteroatoms. The van der Waals surface area contributed by atoms with Crippen LogP contribution in [0, 0.1) is 0 Å². The molecule has 0 bridgehead atoms. The van der Waals surface area contributed by atoms with E-state index < -0.39 is 0 Å². The van der Waals surface area contributed by atoms with Crippen LogP contribution in [0.1, 0.15) is 5.82 Å². The average molecular weight is 161 g/mol. The number of aromatic amines is 1. The second-order valence-corrected chi connectivity index (χ2v) is 2.74. The molecule has 0 unspecified atom stereocenters. The lowest BCUT2D eigenvalue weighted by Crippen LogP contribution is -2.03. The summed E-state index contributed by atoms with van der Waals surface area (Å²) >= 11 is 0. The van der Waals surface area contributed by atoms with E-state index in [1.807, 2.05) is 24.3 Å². The lowest BCUT2D eigenvalue weighted by Gasteiger charge is -1.87. The van der Waals surface area contributed by atoms with Gasteiger partial charge in [0, 0.05) is 6.42 Å². The van der Waals surface area contributed by atoms with Gasteiger partial charge in [-0.1, -0.05) is 12.1 Å². The monoisotopic (exact) mass is 161 g/mol. The molecule has 0 atom stereocenters. The molecule has 2 aromatic rings. The van der Waals surface area contributed by atoms with Crippen LogP contribution in [0.4, 0.5) is 0 Å². The van der Waals surface area contributed by atoms with Crippen LogP contribution in [0.25, 0.3) is 11.0 Å². The zero-order chi connectivity index (χ0) is 8.39. The van der Waals surface area contributed by atoms with Gasteiger partial charge in [-0.2, -0.15) is 0 Å². The Bertz CT molecular complexity index is 345. The number of hydrogen-bond donors (Lipinski definition) is 2. The average Bonchev–Trinajstić information content (AvgIpc) is 2.47. The van der Waals surface area contributed by atoms with Crippen LogP contribution in [-0.4, -0.2) is 16.5 Å². The zero-order valence-electron chi connectivity index (χ0n) is 6.75. The van der Waals surface area contributed by atoms with E-state index in [1.165, 1.54) is 0 Å². The molecule has 0 saturated carbocycles. The molecule has 3 nitrogen and oxygen atoms in total. The number of rotatable bonds is 2. The summed E-state index contributed by atoms with van der Waals surface area (Å²) in [5.74, 6) is 0.971. The number of imidazole rings is 1. The normalized spacial score (nSPS) is 10.8. The van der Waals surface area contributed by atoms with Crippen molar-refractivity contribution in [2.75, 3.05) is 6.54 Å². The largest absolute Gasteiger partial charge is 0.342 e. The minimum Gasteiger partial charge on any atom is -0.342 e. The Labute approximate surface area is 70.6 Å². The SMILES string of the molecule is NCCc1nc2ccccc2[nH]1. The molecule has 1 heterocycles. The van der Waals surface area contributed by atoms with E-state index in [-0.39, 0.29) is 0 Å². The van der Waals surface area contributed by atoms with Crippen LogP contribution >= 0.6 is 0 Å². The van der Waals surface area contributed by atoms with Gasteiger partial charge in [0.15, 0.2) is 0 Å². The molecule has 0 aliphatic carbocycles. The molecule has 0 aliphatic rings. The van der Waals surface area contributed by atoms with Crippen molar-refractivity contribution in [2.24, 2.45) is 5.73 Å². The Hall–Kier alpha value is -1.35. The molecule has 0 aliphatic heterocycles. The fourth-order valence-electron chi connectivity index (χ4n) is 1.26. The van der Waals surface area contributed by atoms with Gasteiger partial charge < -0.3 is 10.7 Å². The number of H-pyrrole nitrogens is 1. The molecule has 12 heavy (non-hydrogen) atoms. The fraction of sp³-hybridized carbons (Fsp3) is 0.222. The highest BCUT2D eigenvalue weighted by molar-refractivity contribution is 5.74. The summed E-state index contributed by atoms with van der Waals surface area (Å²) in [6.45, 7) is 0.639. The number of benzene rings is 1. The molecular weight excluding hydrogens is 150 g/mol. The first-order chi connectivity index (χ1) is 5.90. The van der Waals surface area contributed by atoms with Crippen molar-refractivity contribution >= 4 is 11.0 Å². The molecule has 0 amide bonds. The molecule has 62 valence electrons. The molecule has 0 radical (unpaired) electrons. The summed E-state index contributed by atoms with van der Waals surface area (Å²) in [5.41, 5.74) is 7.52. The third kappa shape index (κ3) is 1.19. The predicted molar refractivity (Wildman–Crippen MR) is 48.9 cm³/mol. The van der Waals surface area contributed by atoms with Crippen molar-refractivity contribution in [3.63, 3.8) is 0 Å². The summed E-state index contributed by atoms with van der Waals surface area (Å²) in [4.78, 5) is 7.57. The van der Waals surface area contributed by atoms with Crippen LogP contribution in [0.5, 0.6) is 0 Å². The number of hydrogen-bond acceptors (Lipinski definition) is 2. The molecule has 1 aromatic heterocycles. The van der Waals surface area contributed by atoms with Gasteiger partial charge in [-0.3, -0.25) is 0 Å². The minimum atomic E-state index is 0.639. The van der Waals surface area contributed by atoms with Crippen LogP contribution < -0.4 is 5.73 Å². The fourth-order valence-corrected chi connectivity index (χ4v) is 1.26. The topological polar surface area (TPSA) is 54.7 Å². The van der Waals surface area contributed by atoms with Gasteiger partial charge in [0.05, 0.1) is 11.0 Å². The molecule has 1 aromatic carbocycles. The van der Waals surface area contributed by atoms with Crippen molar-refractivity contribution < 1.29 is 0 Å². The van der Waals surface area contributed by atoms with E-state index in [4.69, 9.17) is 5.73 Å². The summed E-state index contributed by atoms with van der Waals surface area (Å²) in [6.07, 6.45) is 0.814. The smallest absolute Gasteiger partial charge is 0.108 e. The van der Waals surface area contributed by atoms with E-state index in [1.54, 1.807) is 0 Å². The van der Waals surface area contributed by atoms with Crippen LogP contribution in [0.15, 0.2) is 24.3 Å². The number of para-hydroxylation sites is 2. The first-order valence-electron chi connectivity index (χ1n) is 4.04. The molecule has 0 saturated heterocycles. The number of aromatic nitrogens is 2. The van der Waals surface area contributed by atoms with E-state index >= 15 is 0 Å². The lowest BCUT2D eigenvalue weighted by atomic mass is 10.3. The van der Waals surface area contributed by atoms with Gasteiger partial charge in [-0.25, -0.2) is 4.98 Å². The van der Waals surface area contributed by atoms with Gasteiger partial charge in [-0.15, -0.1) is 0 Å². The Morgan fingerprint density at radius 1 is 1.33 bits per heavy atom. The molecule has 3 N–H and O–H groups in total. The molecular formula is C9H11N3. The van der Waals surface area contributed by atoms with E-state index in [0.717, 1.165) is 23.3 Å². The van der Waals surface area contributed by atoms with Crippen molar-refractivity contribution in [2.45, 2.75) is 6.42 Å². The van der Waals surface area contributed by atoms with Crippen molar-refractivity contribution in [1.82, 2.24) is 9.97 Å². The number of nitrogens with one attached hydrogen (secondary N) is 1. The van der Waals surface area contributed by atoms with Crippen molar-refractivity contribution in [1.29, 1.82) is 0 Å². The Morgan fingerprint density at radius 3 is 2.92 bits per heavy atom. The second-order valence-electron chi connectivity index (χ2n) is 2.74.